The van der Waals surface area contributed by atoms with Crippen molar-refractivity contribution in [3.63, 3.8) is 0 Å². The van der Waals surface area contributed by atoms with Crippen LogP contribution in [0.3, 0.4) is 0 Å². The number of imidazole rings is 1. The number of H-pyrrole nitrogens is 1. The average molecular weight is 247 g/mol. The van der Waals surface area contributed by atoms with Crippen LogP contribution in [0.4, 0.5) is 0 Å². The quantitative estimate of drug-likeness (QED) is 0.774. The number of aromatic nitrogens is 2. The van der Waals surface area contributed by atoms with Crippen LogP contribution < -0.4 is 0 Å². The average Bonchev–Trinajstić information content (AvgIpc) is 2.60. The van der Waals surface area contributed by atoms with Crippen LogP contribution in [0, 0.1) is 0 Å². The van der Waals surface area contributed by atoms with Crippen LogP contribution in [0.15, 0.2) is 23.4 Å². The van der Waals surface area contributed by atoms with Crippen molar-refractivity contribution >= 4 is 30.8 Å². The van der Waals surface area contributed by atoms with Gasteiger partial charge in [-0.05, 0) is 17.7 Å². The number of hydrogen-bond acceptors (Lipinski definition) is 4. The Labute approximate surface area is 90.1 Å². The minimum Gasteiger partial charge on any atom is -0.392 e. The molecule has 0 spiro atoms. The largest absolute Gasteiger partial charge is 0.392 e. The Hall–Kier alpha value is -1.11. The van der Waals surface area contributed by atoms with Gasteiger partial charge in [-0.2, -0.15) is 0 Å². The van der Waals surface area contributed by atoms with E-state index in [0.717, 1.165) is 0 Å². The maximum absolute atomic E-state index is 11.2. The Morgan fingerprint density at radius 2 is 2.20 bits per heavy atom. The van der Waals surface area contributed by atoms with E-state index in [9.17, 15) is 8.42 Å². The number of halogens is 1. The Bertz CT molecular complexity index is 605. The molecule has 0 atom stereocenters. The summed E-state index contributed by atoms with van der Waals surface area (Å²) in [6.45, 7) is -0.393. The van der Waals surface area contributed by atoms with Gasteiger partial charge in [-0.3, -0.25) is 0 Å². The first-order valence-electron chi connectivity index (χ1n) is 4.04. The molecular weight excluding hydrogens is 240 g/mol. The molecule has 0 bridgehead atoms. The third-order valence-corrected chi connectivity index (χ3v) is 3.44. The van der Waals surface area contributed by atoms with Crippen molar-refractivity contribution in [2.75, 3.05) is 0 Å². The number of nitrogens with zero attached hydrogens (tertiary/aromatic N) is 1. The molecule has 80 valence electrons. The van der Waals surface area contributed by atoms with Crippen LogP contribution in [0.5, 0.6) is 0 Å². The molecule has 2 N–H and O–H groups in total. The van der Waals surface area contributed by atoms with E-state index in [-0.39, 0.29) is 10.5 Å². The predicted octanol–water partition coefficient (Wildman–Crippen LogP) is 0.983. The summed E-state index contributed by atoms with van der Waals surface area (Å²) >= 11 is 0. The van der Waals surface area contributed by atoms with Gasteiger partial charge < -0.3 is 10.1 Å². The fraction of sp³-hybridized carbons (Fsp3) is 0.125. The lowest BCUT2D eigenvalue weighted by Crippen LogP contribution is -1.98. The molecule has 0 saturated carbocycles. The molecular formula is C8H7ClN2O3S. The number of aliphatic hydroxyl groups excluding tert-OH is 1. The Morgan fingerprint density at radius 1 is 1.47 bits per heavy atom. The molecule has 1 heterocycles. The van der Waals surface area contributed by atoms with E-state index < -0.39 is 15.7 Å². The number of benzene rings is 1. The van der Waals surface area contributed by atoms with Crippen molar-refractivity contribution in [1.82, 2.24) is 9.97 Å². The number of nitrogens with one attached hydrogen (secondary N) is 1. The van der Waals surface area contributed by atoms with E-state index in [1.165, 1.54) is 18.5 Å². The zero-order valence-corrected chi connectivity index (χ0v) is 9.01. The van der Waals surface area contributed by atoms with E-state index in [1.54, 1.807) is 0 Å². The monoisotopic (exact) mass is 246 g/mol. The van der Waals surface area contributed by atoms with E-state index >= 15 is 0 Å². The van der Waals surface area contributed by atoms with Crippen LogP contribution in [0.1, 0.15) is 5.56 Å². The van der Waals surface area contributed by atoms with Gasteiger partial charge >= 0.3 is 0 Å². The lowest BCUT2D eigenvalue weighted by Gasteiger charge is -2.03. The third kappa shape index (κ3) is 1.83. The molecule has 0 aliphatic carbocycles. The normalized spacial score (nSPS) is 12.1. The Balaban J connectivity index is 2.81. The second kappa shape index (κ2) is 3.48. The van der Waals surface area contributed by atoms with Crippen LogP contribution in [0.25, 0.3) is 11.0 Å². The van der Waals surface area contributed by atoms with Crippen LogP contribution in [-0.2, 0) is 15.7 Å². The topological polar surface area (TPSA) is 83.0 Å². The summed E-state index contributed by atoms with van der Waals surface area (Å²) in [5.74, 6) is 0. The Kier molecular flexibility index (Phi) is 2.41. The standard InChI is InChI=1S/C8H7ClN2O3S/c9-15(13,14)8-2-7-6(10-4-11-7)1-5(8)3-12/h1-2,4,12H,3H2,(H,10,11). The van der Waals surface area contributed by atoms with E-state index in [2.05, 4.69) is 9.97 Å². The zero-order valence-electron chi connectivity index (χ0n) is 7.44. The maximum atomic E-state index is 11.2. The highest BCUT2D eigenvalue weighted by Crippen LogP contribution is 2.24. The molecule has 0 amide bonds. The first-order valence-corrected chi connectivity index (χ1v) is 6.35. The third-order valence-electron chi connectivity index (χ3n) is 2.04. The first kappa shape index (κ1) is 10.4. The zero-order chi connectivity index (χ0) is 11.1. The van der Waals surface area contributed by atoms with Gasteiger partial charge in [0, 0.05) is 10.7 Å². The first-order chi connectivity index (χ1) is 7.02. The van der Waals surface area contributed by atoms with Crippen LogP contribution >= 0.6 is 10.7 Å². The maximum Gasteiger partial charge on any atom is 0.261 e. The predicted molar refractivity (Wildman–Crippen MR) is 55.1 cm³/mol. The highest BCUT2D eigenvalue weighted by molar-refractivity contribution is 8.13. The highest BCUT2D eigenvalue weighted by atomic mass is 35.7. The fourth-order valence-corrected chi connectivity index (χ4v) is 2.48. The summed E-state index contributed by atoms with van der Waals surface area (Å²) in [4.78, 5) is 6.62. The van der Waals surface area contributed by atoms with Gasteiger partial charge in [0.15, 0.2) is 0 Å². The summed E-state index contributed by atoms with van der Waals surface area (Å²) in [5, 5.41) is 9.02. The smallest absolute Gasteiger partial charge is 0.261 e. The lowest BCUT2D eigenvalue weighted by atomic mass is 10.2. The molecule has 0 radical (unpaired) electrons. The molecule has 0 unspecified atom stereocenters. The van der Waals surface area contributed by atoms with Crippen LogP contribution in [-0.4, -0.2) is 23.5 Å². The molecule has 0 aliphatic rings. The van der Waals surface area contributed by atoms with Gasteiger partial charge in [0.2, 0.25) is 0 Å². The van der Waals surface area contributed by atoms with Gasteiger partial charge in [-0.25, -0.2) is 13.4 Å². The van der Waals surface area contributed by atoms with Gasteiger partial charge in [-0.15, -0.1) is 0 Å². The number of hydrogen-bond donors (Lipinski definition) is 2. The minimum atomic E-state index is -3.86. The van der Waals surface area contributed by atoms with Gasteiger partial charge in [0.1, 0.15) is 0 Å². The lowest BCUT2D eigenvalue weighted by molar-refractivity contribution is 0.279. The molecule has 2 rings (SSSR count). The van der Waals surface area contributed by atoms with Crippen molar-refractivity contribution in [2.24, 2.45) is 0 Å². The fourth-order valence-electron chi connectivity index (χ4n) is 1.36. The van der Waals surface area contributed by atoms with E-state index in [1.807, 2.05) is 0 Å². The molecule has 1 aromatic heterocycles. The molecule has 15 heavy (non-hydrogen) atoms. The molecule has 7 heteroatoms. The molecule has 2 aromatic rings. The SMILES string of the molecule is O=S(=O)(Cl)c1cc2nc[nH]c2cc1CO. The Morgan fingerprint density at radius 3 is 2.80 bits per heavy atom. The summed E-state index contributed by atoms with van der Waals surface area (Å²) in [7, 11) is 1.38. The summed E-state index contributed by atoms with van der Waals surface area (Å²) < 4.78 is 22.4. The molecule has 0 fully saturated rings. The summed E-state index contributed by atoms with van der Waals surface area (Å²) in [6, 6.07) is 2.84. The second-order valence-electron chi connectivity index (χ2n) is 2.98. The summed E-state index contributed by atoms with van der Waals surface area (Å²) in [6.07, 6.45) is 1.44. The van der Waals surface area contributed by atoms with Gasteiger partial charge in [0.05, 0.1) is 28.9 Å². The van der Waals surface area contributed by atoms with Crippen molar-refractivity contribution in [3.8, 4) is 0 Å². The van der Waals surface area contributed by atoms with Gasteiger partial charge in [0.25, 0.3) is 9.05 Å². The molecule has 0 aliphatic heterocycles. The van der Waals surface area contributed by atoms with E-state index in [0.29, 0.717) is 11.0 Å². The number of rotatable bonds is 2. The van der Waals surface area contributed by atoms with Gasteiger partial charge in [-0.1, -0.05) is 0 Å². The molecule has 5 nitrogen and oxygen atoms in total. The minimum absolute atomic E-state index is 0.105. The number of aromatic amines is 1. The van der Waals surface area contributed by atoms with E-state index in [4.69, 9.17) is 15.8 Å². The van der Waals surface area contributed by atoms with Crippen molar-refractivity contribution in [3.05, 3.63) is 24.0 Å². The van der Waals surface area contributed by atoms with Crippen molar-refractivity contribution in [1.29, 1.82) is 0 Å². The highest BCUT2D eigenvalue weighted by Gasteiger charge is 2.16. The van der Waals surface area contributed by atoms with Crippen molar-refractivity contribution < 1.29 is 13.5 Å². The van der Waals surface area contributed by atoms with Crippen molar-refractivity contribution in [2.45, 2.75) is 11.5 Å². The second-order valence-corrected chi connectivity index (χ2v) is 5.51. The molecule has 0 saturated heterocycles. The number of fused-ring (bicyclic) bond motifs is 1. The van der Waals surface area contributed by atoms with Crippen LogP contribution in [0.2, 0.25) is 0 Å². The summed E-state index contributed by atoms with van der Waals surface area (Å²) in [5.41, 5.74) is 1.40. The number of aliphatic hydroxyl groups is 1. The molecule has 1 aromatic carbocycles.